The van der Waals surface area contributed by atoms with E-state index in [-0.39, 0.29) is 24.0 Å². The highest BCUT2D eigenvalue weighted by Crippen LogP contribution is 2.18. The molecule has 0 unspecified atom stereocenters. The Balaban J connectivity index is 0.00000300. The van der Waals surface area contributed by atoms with E-state index in [4.69, 9.17) is 9.73 Å². The molecule has 0 spiro atoms. The summed E-state index contributed by atoms with van der Waals surface area (Å²) in [7, 11) is 0. The second-order valence-electron chi connectivity index (χ2n) is 6.81. The molecule has 2 heterocycles. The molecule has 0 atom stereocenters. The van der Waals surface area contributed by atoms with Crippen LogP contribution in [0.3, 0.4) is 0 Å². The van der Waals surface area contributed by atoms with Crippen LogP contribution in [0.25, 0.3) is 0 Å². The molecule has 0 amide bonds. The van der Waals surface area contributed by atoms with Gasteiger partial charge < -0.3 is 20.3 Å². The van der Waals surface area contributed by atoms with Crippen molar-refractivity contribution in [3.05, 3.63) is 53.7 Å². The van der Waals surface area contributed by atoms with Crippen molar-refractivity contribution in [2.45, 2.75) is 39.8 Å². The predicted octanol–water partition coefficient (Wildman–Crippen LogP) is 3.95. The molecule has 2 N–H and O–H groups in total. The zero-order valence-electron chi connectivity index (χ0n) is 17.4. The second kappa shape index (κ2) is 12.5. The summed E-state index contributed by atoms with van der Waals surface area (Å²) in [5.74, 6) is 2.77. The van der Waals surface area contributed by atoms with Gasteiger partial charge in [-0.05, 0) is 44.4 Å². The van der Waals surface area contributed by atoms with Gasteiger partial charge in [0.15, 0.2) is 5.96 Å². The normalized spacial score (nSPS) is 13.7. The second-order valence-corrected chi connectivity index (χ2v) is 6.81. The number of aliphatic imine (C=N–C) groups is 1. The highest BCUT2D eigenvalue weighted by atomic mass is 127. The maximum Gasteiger partial charge on any atom is 0.191 e. The number of hydrogen-bond acceptors (Lipinski definition) is 4. The Kier molecular flexibility index (Phi) is 10.0. The Hall–Kier alpha value is -2.03. The third-order valence-electron chi connectivity index (χ3n) is 4.72. The zero-order chi connectivity index (χ0) is 19.6. The number of aromatic nitrogens is 1. The molecule has 1 aromatic carbocycles. The summed E-state index contributed by atoms with van der Waals surface area (Å²) in [5.41, 5.74) is 2.22. The topological polar surface area (TPSA) is 61.8 Å². The lowest BCUT2D eigenvalue weighted by Gasteiger charge is -2.16. The van der Waals surface area contributed by atoms with Gasteiger partial charge in [0.1, 0.15) is 11.6 Å². The van der Waals surface area contributed by atoms with E-state index < -0.39 is 0 Å². The highest BCUT2D eigenvalue weighted by Gasteiger charge is 2.12. The number of halogens is 1. The van der Waals surface area contributed by atoms with Crippen molar-refractivity contribution in [3.8, 4) is 5.75 Å². The van der Waals surface area contributed by atoms with Crippen molar-refractivity contribution in [2.24, 2.45) is 4.99 Å². The van der Waals surface area contributed by atoms with Crippen molar-refractivity contribution in [1.82, 2.24) is 15.6 Å². The summed E-state index contributed by atoms with van der Waals surface area (Å²) in [6.45, 7) is 9.02. The number of ether oxygens (including phenoxy) is 1. The van der Waals surface area contributed by atoms with Gasteiger partial charge in [0.05, 0.1) is 13.2 Å². The predicted molar refractivity (Wildman–Crippen MR) is 130 cm³/mol. The Morgan fingerprint density at radius 2 is 1.90 bits per heavy atom. The summed E-state index contributed by atoms with van der Waals surface area (Å²) in [4.78, 5) is 11.7. The standard InChI is InChI=1S/C22H31N5O.HI/c1-3-23-22(26-17-19-9-5-6-10-20(19)28-4-2)25-16-18-11-12-21(24-15-18)27-13-7-8-14-27;/h5-6,9-12,15H,3-4,7-8,13-14,16-17H2,1-2H3,(H2,23,25,26);1H. The first-order chi connectivity index (χ1) is 13.8. The Morgan fingerprint density at radius 1 is 1.10 bits per heavy atom. The Labute approximate surface area is 191 Å². The summed E-state index contributed by atoms with van der Waals surface area (Å²) in [5, 5.41) is 6.69. The van der Waals surface area contributed by atoms with Gasteiger partial charge in [-0.25, -0.2) is 9.98 Å². The van der Waals surface area contributed by atoms with Crippen LogP contribution in [0, 0.1) is 0 Å². The maximum absolute atomic E-state index is 5.70. The molecule has 1 fully saturated rings. The third kappa shape index (κ3) is 7.06. The molecule has 1 aliphatic heterocycles. The fourth-order valence-corrected chi connectivity index (χ4v) is 3.28. The number of nitrogens with one attached hydrogen (secondary N) is 2. The van der Waals surface area contributed by atoms with Crippen molar-refractivity contribution in [1.29, 1.82) is 0 Å². The molecule has 7 heteroatoms. The van der Waals surface area contributed by atoms with E-state index in [1.54, 1.807) is 0 Å². The molecule has 1 aliphatic rings. The van der Waals surface area contributed by atoms with Crippen LogP contribution in [0.4, 0.5) is 5.82 Å². The first-order valence-electron chi connectivity index (χ1n) is 10.2. The fraction of sp³-hybridized carbons (Fsp3) is 0.455. The first-order valence-corrected chi connectivity index (χ1v) is 10.2. The van der Waals surface area contributed by atoms with E-state index >= 15 is 0 Å². The number of nitrogens with zero attached hydrogens (tertiary/aromatic N) is 3. The molecular weight excluding hydrogens is 477 g/mol. The Morgan fingerprint density at radius 3 is 2.59 bits per heavy atom. The molecule has 0 radical (unpaired) electrons. The lowest BCUT2D eigenvalue weighted by molar-refractivity contribution is 0.336. The van der Waals surface area contributed by atoms with Gasteiger partial charge >= 0.3 is 0 Å². The summed E-state index contributed by atoms with van der Waals surface area (Å²) in [6, 6.07) is 12.3. The van der Waals surface area contributed by atoms with Crippen molar-refractivity contribution in [3.63, 3.8) is 0 Å². The van der Waals surface area contributed by atoms with Crippen LogP contribution in [0.15, 0.2) is 47.6 Å². The fourth-order valence-electron chi connectivity index (χ4n) is 3.28. The number of benzene rings is 1. The minimum Gasteiger partial charge on any atom is -0.494 e. The quantitative estimate of drug-likeness (QED) is 0.321. The molecule has 29 heavy (non-hydrogen) atoms. The van der Waals surface area contributed by atoms with E-state index in [1.165, 1.54) is 12.8 Å². The zero-order valence-corrected chi connectivity index (χ0v) is 19.7. The van der Waals surface area contributed by atoms with Gasteiger partial charge in [0.2, 0.25) is 0 Å². The number of para-hydroxylation sites is 1. The van der Waals surface area contributed by atoms with Gasteiger partial charge in [-0.2, -0.15) is 0 Å². The molecule has 6 nitrogen and oxygen atoms in total. The molecule has 2 aromatic rings. The summed E-state index contributed by atoms with van der Waals surface area (Å²) in [6.07, 6.45) is 4.46. The first kappa shape index (κ1) is 23.3. The molecular formula is C22H32IN5O. The number of guanidine groups is 1. The van der Waals surface area contributed by atoms with Crippen LogP contribution < -0.4 is 20.3 Å². The Bertz CT molecular complexity index is 760. The maximum atomic E-state index is 5.70. The lowest BCUT2D eigenvalue weighted by atomic mass is 10.2. The summed E-state index contributed by atoms with van der Waals surface area (Å²) >= 11 is 0. The molecule has 0 saturated carbocycles. The van der Waals surface area contributed by atoms with Crippen LogP contribution in [0.1, 0.15) is 37.8 Å². The van der Waals surface area contributed by atoms with E-state index in [9.17, 15) is 0 Å². The molecule has 1 aromatic heterocycles. The largest absolute Gasteiger partial charge is 0.494 e. The lowest BCUT2D eigenvalue weighted by Crippen LogP contribution is -2.36. The van der Waals surface area contributed by atoms with Gasteiger partial charge in [-0.15, -0.1) is 24.0 Å². The van der Waals surface area contributed by atoms with Gasteiger partial charge in [-0.1, -0.05) is 24.3 Å². The van der Waals surface area contributed by atoms with Crippen molar-refractivity contribution in [2.75, 3.05) is 31.1 Å². The third-order valence-corrected chi connectivity index (χ3v) is 4.72. The van der Waals surface area contributed by atoms with Crippen molar-refractivity contribution < 1.29 is 4.74 Å². The minimum absolute atomic E-state index is 0. The van der Waals surface area contributed by atoms with E-state index in [1.807, 2.05) is 31.3 Å². The van der Waals surface area contributed by atoms with E-state index in [0.717, 1.165) is 48.3 Å². The SMILES string of the molecule is CCNC(=NCc1ccc(N2CCCC2)nc1)NCc1ccccc1OCC.I. The number of anilines is 1. The van der Waals surface area contributed by atoms with E-state index in [2.05, 4.69) is 45.6 Å². The number of hydrogen-bond donors (Lipinski definition) is 2. The number of rotatable bonds is 8. The minimum atomic E-state index is 0. The smallest absolute Gasteiger partial charge is 0.191 e. The van der Waals surface area contributed by atoms with Gasteiger partial charge in [0, 0.05) is 37.9 Å². The average molecular weight is 509 g/mol. The van der Waals surface area contributed by atoms with Crippen LogP contribution in [-0.4, -0.2) is 37.2 Å². The molecule has 0 aliphatic carbocycles. The van der Waals surface area contributed by atoms with Crippen LogP contribution in [-0.2, 0) is 13.1 Å². The highest BCUT2D eigenvalue weighted by molar-refractivity contribution is 14.0. The van der Waals surface area contributed by atoms with Crippen molar-refractivity contribution >= 4 is 35.8 Å². The van der Waals surface area contributed by atoms with Crippen LogP contribution >= 0.6 is 24.0 Å². The summed E-state index contributed by atoms with van der Waals surface area (Å²) < 4.78 is 5.70. The van der Waals surface area contributed by atoms with Crippen LogP contribution in [0.5, 0.6) is 5.75 Å². The monoisotopic (exact) mass is 509 g/mol. The van der Waals surface area contributed by atoms with Gasteiger partial charge in [0.25, 0.3) is 0 Å². The average Bonchev–Trinajstić information content (AvgIpc) is 3.26. The van der Waals surface area contributed by atoms with E-state index in [0.29, 0.717) is 19.7 Å². The molecule has 1 saturated heterocycles. The number of pyridine rings is 1. The van der Waals surface area contributed by atoms with Crippen LogP contribution in [0.2, 0.25) is 0 Å². The van der Waals surface area contributed by atoms with Gasteiger partial charge in [-0.3, -0.25) is 0 Å². The molecule has 158 valence electrons. The molecule has 0 bridgehead atoms. The molecule has 3 rings (SSSR count).